The Morgan fingerprint density at radius 1 is 1.22 bits per heavy atom. The third-order valence-corrected chi connectivity index (χ3v) is 3.40. The second-order valence-corrected chi connectivity index (χ2v) is 5.21. The minimum Gasteiger partial charge on any atom is -0.441 e. The Morgan fingerprint density at radius 2 is 2.04 bits per heavy atom. The van der Waals surface area contributed by atoms with Crippen molar-refractivity contribution in [3.63, 3.8) is 0 Å². The van der Waals surface area contributed by atoms with Crippen LogP contribution < -0.4 is 5.32 Å². The zero-order chi connectivity index (χ0) is 16.4. The van der Waals surface area contributed by atoms with Gasteiger partial charge in [-0.05, 0) is 36.2 Å². The summed E-state index contributed by atoms with van der Waals surface area (Å²) in [6.07, 6.45) is 0.662. The molecule has 0 saturated heterocycles. The van der Waals surface area contributed by atoms with Gasteiger partial charge in [-0.3, -0.25) is 4.79 Å². The summed E-state index contributed by atoms with van der Waals surface area (Å²) < 4.78 is 31.7. The summed E-state index contributed by atoms with van der Waals surface area (Å²) >= 11 is 0. The lowest BCUT2D eigenvalue weighted by molar-refractivity contribution is -0.116. The van der Waals surface area contributed by atoms with Crippen molar-refractivity contribution in [3.05, 3.63) is 59.5 Å². The van der Waals surface area contributed by atoms with Crippen LogP contribution in [-0.2, 0) is 11.2 Å². The molecule has 3 aromatic rings. The number of hydrogen-bond donors (Lipinski definition) is 1. The van der Waals surface area contributed by atoms with Crippen LogP contribution in [0.3, 0.4) is 0 Å². The smallest absolute Gasteiger partial charge is 0.224 e. The van der Waals surface area contributed by atoms with E-state index in [1.807, 2.05) is 18.2 Å². The largest absolute Gasteiger partial charge is 0.441 e. The summed E-state index contributed by atoms with van der Waals surface area (Å²) in [6.45, 7) is 1.77. The summed E-state index contributed by atoms with van der Waals surface area (Å²) in [5.41, 5.74) is 2.34. The highest BCUT2D eigenvalue weighted by Crippen LogP contribution is 2.18. The number of amides is 1. The maximum absolute atomic E-state index is 13.5. The highest BCUT2D eigenvalue weighted by atomic mass is 19.1. The van der Waals surface area contributed by atoms with E-state index in [1.54, 1.807) is 6.92 Å². The molecule has 0 fully saturated rings. The molecule has 3 rings (SSSR count). The Labute approximate surface area is 131 Å². The molecular formula is C17H14F2N2O2. The third kappa shape index (κ3) is 3.53. The van der Waals surface area contributed by atoms with Crippen LogP contribution >= 0.6 is 0 Å². The standard InChI is InChI=1S/C17H14F2N2O2/c1-10-20-15-8-11(2-6-16(15)23-10)3-7-17(22)21-14-5-4-12(18)9-13(14)19/h2,4-6,8-9H,3,7H2,1H3,(H,21,22). The number of carbonyl (C=O) groups is 1. The first-order valence-electron chi connectivity index (χ1n) is 7.12. The number of fused-ring (bicyclic) bond motifs is 1. The van der Waals surface area contributed by atoms with Gasteiger partial charge in [-0.2, -0.15) is 0 Å². The number of hydrogen-bond acceptors (Lipinski definition) is 3. The summed E-state index contributed by atoms with van der Waals surface area (Å²) in [4.78, 5) is 16.1. The van der Waals surface area contributed by atoms with E-state index in [-0.39, 0.29) is 18.0 Å². The van der Waals surface area contributed by atoms with Crippen molar-refractivity contribution < 1.29 is 18.0 Å². The van der Waals surface area contributed by atoms with Gasteiger partial charge in [-0.1, -0.05) is 6.07 Å². The number of aryl methyl sites for hydroxylation is 2. The molecule has 0 bridgehead atoms. The Bertz CT molecular complexity index is 874. The minimum absolute atomic E-state index is 0.0287. The number of anilines is 1. The minimum atomic E-state index is -0.794. The first-order valence-corrected chi connectivity index (χ1v) is 7.12. The quantitative estimate of drug-likeness (QED) is 0.792. The van der Waals surface area contributed by atoms with E-state index in [2.05, 4.69) is 10.3 Å². The molecular weight excluding hydrogens is 302 g/mol. The van der Waals surface area contributed by atoms with E-state index in [1.165, 1.54) is 6.07 Å². The highest BCUT2D eigenvalue weighted by molar-refractivity contribution is 5.91. The van der Waals surface area contributed by atoms with Crippen molar-refractivity contribution in [2.45, 2.75) is 19.8 Å². The molecule has 6 heteroatoms. The van der Waals surface area contributed by atoms with Crippen LogP contribution in [0.15, 0.2) is 40.8 Å². The molecule has 1 aromatic heterocycles. The molecule has 1 amide bonds. The van der Waals surface area contributed by atoms with Gasteiger partial charge >= 0.3 is 0 Å². The second-order valence-electron chi connectivity index (χ2n) is 5.21. The topological polar surface area (TPSA) is 55.1 Å². The fourth-order valence-electron chi connectivity index (χ4n) is 2.31. The molecule has 1 heterocycles. The van der Waals surface area contributed by atoms with Crippen LogP contribution in [0, 0.1) is 18.6 Å². The second kappa shape index (κ2) is 6.16. The first-order chi connectivity index (χ1) is 11.0. The normalized spacial score (nSPS) is 10.9. The van der Waals surface area contributed by atoms with Crippen molar-refractivity contribution in [1.29, 1.82) is 0 Å². The average Bonchev–Trinajstić information content (AvgIpc) is 2.87. The fraction of sp³-hybridized carbons (Fsp3) is 0.176. The molecule has 0 saturated carbocycles. The summed E-state index contributed by atoms with van der Waals surface area (Å²) in [6, 6.07) is 8.56. The van der Waals surface area contributed by atoms with Crippen LogP contribution in [0.5, 0.6) is 0 Å². The average molecular weight is 316 g/mol. The number of nitrogens with zero attached hydrogens (tertiary/aromatic N) is 1. The van der Waals surface area contributed by atoms with Crippen molar-refractivity contribution in [2.75, 3.05) is 5.32 Å². The predicted molar refractivity (Wildman–Crippen MR) is 82.1 cm³/mol. The van der Waals surface area contributed by atoms with Gasteiger partial charge in [0.25, 0.3) is 0 Å². The summed E-state index contributed by atoms with van der Waals surface area (Å²) in [5.74, 6) is -1.23. The number of aromatic nitrogens is 1. The molecule has 0 aliphatic rings. The van der Waals surface area contributed by atoms with Gasteiger partial charge in [0.15, 0.2) is 11.5 Å². The van der Waals surface area contributed by atoms with Crippen LogP contribution in [0.25, 0.3) is 11.1 Å². The van der Waals surface area contributed by atoms with E-state index in [0.29, 0.717) is 17.9 Å². The molecule has 1 N–H and O–H groups in total. The first kappa shape index (κ1) is 15.1. The lowest BCUT2D eigenvalue weighted by Gasteiger charge is -2.06. The van der Waals surface area contributed by atoms with Gasteiger partial charge in [0, 0.05) is 19.4 Å². The predicted octanol–water partition coefficient (Wildman–Crippen LogP) is 3.99. The number of oxazole rings is 1. The van der Waals surface area contributed by atoms with Gasteiger partial charge < -0.3 is 9.73 Å². The zero-order valence-corrected chi connectivity index (χ0v) is 12.4. The zero-order valence-electron chi connectivity index (χ0n) is 12.4. The third-order valence-electron chi connectivity index (χ3n) is 3.40. The van der Waals surface area contributed by atoms with Gasteiger partial charge in [0.2, 0.25) is 5.91 Å². The molecule has 0 atom stereocenters. The van der Waals surface area contributed by atoms with Crippen molar-refractivity contribution in [2.24, 2.45) is 0 Å². The lowest BCUT2D eigenvalue weighted by atomic mass is 10.1. The van der Waals surface area contributed by atoms with Crippen LogP contribution in [-0.4, -0.2) is 10.9 Å². The van der Waals surface area contributed by atoms with E-state index in [9.17, 15) is 13.6 Å². The van der Waals surface area contributed by atoms with Gasteiger partial charge in [0.05, 0.1) is 5.69 Å². The van der Waals surface area contributed by atoms with Gasteiger partial charge in [0.1, 0.15) is 17.2 Å². The number of rotatable bonds is 4. The Balaban J connectivity index is 1.63. The van der Waals surface area contributed by atoms with Crippen molar-refractivity contribution in [1.82, 2.24) is 4.98 Å². The Kier molecular flexibility index (Phi) is 4.06. The molecule has 0 radical (unpaired) electrons. The van der Waals surface area contributed by atoms with E-state index in [4.69, 9.17) is 4.42 Å². The summed E-state index contributed by atoms with van der Waals surface area (Å²) in [7, 11) is 0. The fourth-order valence-corrected chi connectivity index (χ4v) is 2.31. The van der Waals surface area contributed by atoms with Crippen LogP contribution in [0.2, 0.25) is 0 Å². The molecule has 2 aromatic carbocycles. The maximum atomic E-state index is 13.5. The number of benzene rings is 2. The molecule has 0 unspecified atom stereocenters. The number of halogens is 2. The maximum Gasteiger partial charge on any atom is 0.224 e. The van der Waals surface area contributed by atoms with Gasteiger partial charge in [-0.15, -0.1) is 0 Å². The molecule has 0 aliphatic carbocycles. The Hall–Kier alpha value is -2.76. The number of nitrogens with one attached hydrogen (secondary N) is 1. The molecule has 118 valence electrons. The lowest BCUT2D eigenvalue weighted by Crippen LogP contribution is -2.13. The monoisotopic (exact) mass is 316 g/mol. The number of carbonyl (C=O) groups excluding carboxylic acids is 1. The van der Waals surface area contributed by atoms with E-state index >= 15 is 0 Å². The van der Waals surface area contributed by atoms with E-state index < -0.39 is 11.6 Å². The molecule has 0 aliphatic heterocycles. The van der Waals surface area contributed by atoms with Crippen molar-refractivity contribution >= 4 is 22.7 Å². The molecule has 0 spiro atoms. The summed E-state index contributed by atoms with van der Waals surface area (Å²) in [5, 5.41) is 2.43. The SMILES string of the molecule is Cc1nc2cc(CCC(=O)Nc3ccc(F)cc3F)ccc2o1. The van der Waals surface area contributed by atoms with Crippen LogP contribution in [0.4, 0.5) is 14.5 Å². The van der Waals surface area contributed by atoms with Crippen LogP contribution in [0.1, 0.15) is 17.9 Å². The molecule has 4 nitrogen and oxygen atoms in total. The van der Waals surface area contributed by atoms with Crippen molar-refractivity contribution in [3.8, 4) is 0 Å². The van der Waals surface area contributed by atoms with E-state index in [0.717, 1.165) is 23.2 Å². The van der Waals surface area contributed by atoms with Gasteiger partial charge in [-0.25, -0.2) is 13.8 Å². The molecule has 23 heavy (non-hydrogen) atoms. The Morgan fingerprint density at radius 3 is 2.83 bits per heavy atom. The highest BCUT2D eigenvalue weighted by Gasteiger charge is 2.09.